The zero-order valence-corrected chi connectivity index (χ0v) is 20.6. The van der Waals surface area contributed by atoms with Gasteiger partial charge in [0.15, 0.2) is 11.6 Å². The molecule has 0 aromatic heterocycles. The molecular weight excluding hydrogens is 444 g/mol. The average molecular weight is 483 g/mol. The lowest BCUT2D eigenvalue weighted by Crippen LogP contribution is -2.62. The first-order valence-electron chi connectivity index (χ1n) is 11.7. The SMILES string of the molecule is C/C(=C\C(=O)O)CC(=O)OCCC1C(O)C(=O)C2CC(O)C[C@@H](C)C2C1(C)C(=O)/C=C\O.CC. The number of carboxylic acid groups (broad SMARTS) is 1. The summed E-state index contributed by atoms with van der Waals surface area (Å²) in [6.45, 7) is 8.82. The molecule has 4 N–H and O–H groups in total. The third-order valence-electron chi connectivity index (χ3n) is 6.96. The van der Waals surface area contributed by atoms with Crippen molar-refractivity contribution < 1.29 is 44.3 Å². The lowest BCUT2D eigenvalue weighted by atomic mass is 9.48. The van der Waals surface area contributed by atoms with E-state index in [1.165, 1.54) is 6.92 Å². The van der Waals surface area contributed by atoms with Crippen LogP contribution in [0.5, 0.6) is 0 Å². The van der Waals surface area contributed by atoms with Gasteiger partial charge in [-0.15, -0.1) is 0 Å². The fourth-order valence-corrected chi connectivity index (χ4v) is 5.70. The quantitative estimate of drug-likeness (QED) is 0.232. The number of carbonyl (C=O) groups excluding carboxylic acids is 3. The number of aliphatic carboxylic acids is 1. The second-order valence-electron chi connectivity index (χ2n) is 9.17. The Kier molecular flexibility index (Phi) is 11.1. The first-order valence-corrected chi connectivity index (χ1v) is 11.7. The lowest BCUT2D eigenvalue weighted by Gasteiger charge is -2.55. The van der Waals surface area contributed by atoms with Crippen LogP contribution in [-0.2, 0) is 23.9 Å². The van der Waals surface area contributed by atoms with E-state index in [1.807, 2.05) is 20.8 Å². The van der Waals surface area contributed by atoms with E-state index in [0.29, 0.717) is 18.3 Å². The molecule has 0 spiro atoms. The van der Waals surface area contributed by atoms with E-state index in [2.05, 4.69) is 0 Å². The Balaban J connectivity index is 0.00000281. The minimum absolute atomic E-state index is 0.0281. The van der Waals surface area contributed by atoms with Gasteiger partial charge in [0.05, 0.1) is 25.4 Å². The smallest absolute Gasteiger partial charge is 0.328 e. The molecule has 0 amide bonds. The molecule has 0 heterocycles. The highest BCUT2D eigenvalue weighted by Gasteiger charge is 2.61. The van der Waals surface area contributed by atoms with Gasteiger partial charge in [0, 0.05) is 29.4 Å². The maximum atomic E-state index is 13.1. The minimum Gasteiger partial charge on any atom is -0.515 e. The number of carbonyl (C=O) groups is 4. The minimum atomic E-state index is -1.48. The molecule has 0 aliphatic heterocycles. The summed E-state index contributed by atoms with van der Waals surface area (Å²) in [7, 11) is 0. The van der Waals surface area contributed by atoms with Crippen LogP contribution in [0, 0.1) is 29.1 Å². The normalized spacial score (nSPS) is 33.5. The highest BCUT2D eigenvalue weighted by molar-refractivity contribution is 5.98. The number of rotatable bonds is 8. The molecule has 34 heavy (non-hydrogen) atoms. The zero-order chi connectivity index (χ0) is 26.2. The van der Waals surface area contributed by atoms with Gasteiger partial charge in [-0.1, -0.05) is 33.3 Å². The van der Waals surface area contributed by atoms with Crippen molar-refractivity contribution in [2.24, 2.45) is 29.1 Å². The van der Waals surface area contributed by atoms with E-state index in [0.717, 1.165) is 12.2 Å². The molecule has 0 bridgehead atoms. The summed E-state index contributed by atoms with van der Waals surface area (Å²) < 4.78 is 5.18. The maximum absolute atomic E-state index is 13.1. The van der Waals surface area contributed by atoms with Crippen molar-refractivity contribution in [1.82, 2.24) is 0 Å². The molecule has 2 rings (SSSR count). The predicted molar refractivity (Wildman–Crippen MR) is 124 cm³/mol. The van der Waals surface area contributed by atoms with Crippen LogP contribution in [-0.4, -0.2) is 62.7 Å². The summed E-state index contributed by atoms with van der Waals surface area (Å²) in [5, 5.41) is 38.9. The molecule has 2 saturated carbocycles. The molecular formula is C25H38O9. The number of Topliss-reactive ketones (excluding diaryl/α,β-unsaturated/α-hetero) is 1. The molecule has 7 atom stereocenters. The van der Waals surface area contributed by atoms with Crippen LogP contribution in [0.2, 0.25) is 0 Å². The van der Waals surface area contributed by atoms with Crippen molar-refractivity contribution in [3.63, 3.8) is 0 Å². The van der Waals surface area contributed by atoms with Gasteiger partial charge >= 0.3 is 11.9 Å². The van der Waals surface area contributed by atoms with Crippen LogP contribution in [0.15, 0.2) is 24.0 Å². The number of fused-ring (bicyclic) bond motifs is 1. The van der Waals surface area contributed by atoms with Gasteiger partial charge in [-0.25, -0.2) is 4.79 Å². The van der Waals surface area contributed by atoms with Crippen LogP contribution in [0.4, 0.5) is 0 Å². The number of aliphatic hydroxyl groups excluding tert-OH is 3. The number of allylic oxidation sites excluding steroid dienone is 1. The standard InChI is InChI=1S/C23H32O9.C2H6/c1-12(8-18(27)28)9-19(29)32-7-5-16-22(31)21(30)15-11-14(25)10-13(2)20(15)23(16,3)17(26)4-6-24;1-2/h4,6,8,13-16,20,22,24-25,31H,5,7,9-11H2,1-3H3,(H,27,28);1-2H3/b6-4-,12-8+;/t13-,14?,15?,16?,20?,22?,23?;/m1./s1. The van der Waals surface area contributed by atoms with Crippen molar-refractivity contribution in [3.8, 4) is 0 Å². The Morgan fingerprint density at radius 1 is 1.18 bits per heavy atom. The number of ketones is 2. The van der Waals surface area contributed by atoms with Gasteiger partial charge in [-0.2, -0.15) is 0 Å². The molecule has 2 aliphatic carbocycles. The highest BCUT2D eigenvalue weighted by Crippen LogP contribution is 2.56. The fraction of sp³-hybridized carbons (Fsp3) is 0.680. The van der Waals surface area contributed by atoms with Crippen molar-refractivity contribution in [2.45, 2.75) is 72.5 Å². The van der Waals surface area contributed by atoms with Gasteiger partial charge in [0.25, 0.3) is 0 Å². The van der Waals surface area contributed by atoms with Crippen molar-refractivity contribution >= 4 is 23.5 Å². The number of hydrogen-bond acceptors (Lipinski definition) is 8. The zero-order valence-electron chi connectivity index (χ0n) is 20.6. The number of aliphatic hydroxyl groups is 3. The Morgan fingerprint density at radius 2 is 1.79 bits per heavy atom. The number of ether oxygens (including phenoxy) is 1. The van der Waals surface area contributed by atoms with E-state index in [1.54, 1.807) is 6.92 Å². The van der Waals surface area contributed by atoms with Crippen LogP contribution in [0.1, 0.15) is 60.3 Å². The molecule has 2 aliphatic rings. The van der Waals surface area contributed by atoms with E-state index >= 15 is 0 Å². The van der Waals surface area contributed by atoms with Gasteiger partial charge in [-0.3, -0.25) is 14.4 Å². The average Bonchev–Trinajstić information content (AvgIpc) is 2.74. The summed E-state index contributed by atoms with van der Waals surface area (Å²) in [4.78, 5) is 48.8. The summed E-state index contributed by atoms with van der Waals surface area (Å²) in [6.07, 6.45) is 0.735. The number of carboxylic acids is 1. The first-order chi connectivity index (χ1) is 15.9. The van der Waals surface area contributed by atoms with Crippen LogP contribution >= 0.6 is 0 Å². The highest BCUT2D eigenvalue weighted by atomic mass is 16.5. The Hall–Kier alpha value is -2.52. The molecule has 0 saturated heterocycles. The molecule has 0 aromatic rings. The van der Waals surface area contributed by atoms with Gasteiger partial charge in [0.1, 0.15) is 6.10 Å². The molecule has 9 nitrogen and oxygen atoms in total. The molecule has 9 heteroatoms. The van der Waals surface area contributed by atoms with Crippen molar-refractivity contribution in [1.29, 1.82) is 0 Å². The summed E-state index contributed by atoms with van der Waals surface area (Å²) in [5.41, 5.74) is -0.914. The molecule has 192 valence electrons. The van der Waals surface area contributed by atoms with Crippen molar-refractivity contribution in [3.05, 3.63) is 24.0 Å². The van der Waals surface area contributed by atoms with E-state index in [9.17, 15) is 34.5 Å². The molecule has 0 aromatic carbocycles. The van der Waals surface area contributed by atoms with Gasteiger partial charge in [-0.05, 0) is 38.0 Å². The topological polar surface area (TPSA) is 158 Å². The van der Waals surface area contributed by atoms with E-state index < -0.39 is 58.9 Å². The third kappa shape index (κ3) is 6.54. The fourth-order valence-electron chi connectivity index (χ4n) is 5.70. The number of hydrogen-bond donors (Lipinski definition) is 4. The van der Waals surface area contributed by atoms with Gasteiger partial charge in [0.2, 0.25) is 0 Å². The lowest BCUT2D eigenvalue weighted by molar-refractivity contribution is -0.175. The Labute approximate surface area is 200 Å². The Bertz CT molecular complexity index is 815. The molecule has 6 unspecified atom stereocenters. The largest absolute Gasteiger partial charge is 0.515 e. The number of esters is 1. The Morgan fingerprint density at radius 3 is 2.35 bits per heavy atom. The van der Waals surface area contributed by atoms with E-state index in [4.69, 9.17) is 9.84 Å². The third-order valence-corrected chi connectivity index (χ3v) is 6.96. The van der Waals surface area contributed by atoms with Gasteiger partial charge < -0.3 is 25.2 Å². The maximum Gasteiger partial charge on any atom is 0.328 e. The summed E-state index contributed by atoms with van der Waals surface area (Å²) in [5.74, 6) is -4.90. The summed E-state index contributed by atoms with van der Waals surface area (Å²) >= 11 is 0. The van der Waals surface area contributed by atoms with Crippen LogP contribution < -0.4 is 0 Å². The monoisotopic (exact) mass is 482 g/mol. The van der Waals surface area contributed by atoms with Crippen LogP contribution in [0.3, 0.4) is 0 Å². The predicted octanol–water partition coefficient (Wildman–Crippen LogP) is 2.60. The van der Waals surface area contributed by atoms with E-state index in [-0.39, 0.29) is 31.8 Å². The molecule has 2 fully saturated rings. The van der Waals surface area contributed by atoms with Crippen molar-refractivity contribution in [2.75, 3.05) is 6.61 Å². The summed E-state index contributed by atoms with van der Waals surface area (Å²) in [6, 6.07) is 0. The van der Waals surface area contributed by atoms with Crippen LogP contribution in [0.25, 0.3) is 0 Å². The molecule has 0 radical (unpaired) electrons. The second-order valence-corrected chi connectivity index (χ2v) is 9.17. The second kappa shape index (κ2) is 12.8. The first kappa shape index (κ1) is 29.5.